The van der Waals surface area contributed by atoms with Crippen LogP contribution in [0.5, 0.6) is 0 Å². The third-order valence-electron chi connectivity index (χ3n) is 3.01. The topological polar surface area (TPSA) is 23.6 Å². The van der Waals surface area contributed by atoms with Crippen molar-refractivity contribution in [1.29, 1.82) is 0 Å². The number of thiophene rings is 1. The molecular weight excluding hydrogens is 220 g/mol. The van der Waals surface area contributed by atoms with E-state index in [1.165, 1.54) is 4.88 Å². The molecule has 1 aliphatic rings. The van der Waals surface area contributed by atoms with Crippen molar-refractivity contribution >= 4 is 17.2 Å². The zero-order chi connectivity index (χ0) is 11.5. The van der Waals surface area contributed by atoms with Crippen LogP contribution in [0.1, 0.15) is 21.5 Å². The van der Waals surface area contributed by atoms with Gasteiger partial charge in [0, 0.05) is 31.1 Å². The van der Waals surface area contributed by atoms with Crippen LogP contribution in [0.15, 0.2) is 12.1 Å². The van der Waals surface area contributed by atoms with Crippen molar-refractivity contribution in [3.63, 3.8) is 0 Å². The number of amides is 1. The Morgan fingerprint density at radius 2 is 2.00 bits per heavy atom. The lowest BCUT2D eigenvalue weighted by Gasteiger charge is -2.32. The number of rotatable bonds is 2. The summed E-state index contributed by atoms with van der Waals surface area (Å²) in [7, 11) is 2.10. The number of carbonyl (C=O) groups is 1. The average Bonchev–Trinajstić information content (AvgIpc) is 2.77. The monoisotopic (exact) mass is 238 g/mol. The van der Waals surface area contributed by atoms with Crippen LogP contribution < -0.4 is 0 Å². The van der Waals surface area contributed by atoms with Crippen LogP contribution in [0.2, 0.25) is 0 Å². The summed E-state index contributed by atoms with van der Waals surface area (Å²) in [5, 5.41) is 0. The van der Waals surface area contributed by atoms with E-state index < -0.39 is 0 Å². The second-order valence-electron chi connectivity index (χ2n) is 4.21. The molecule has 2 heterocycles. The summed E-state index contributed by atoms with van der Waals surface area (Å²) in [5.41, 5.74) is 0. The van der Waals surface area contributed by atoms with Crippen LogP contribution in [-0.4, -0.2) is 48.9 Å². The van der Waals surface area contributed by atoms with Crippen LogP contribution in [0, 0.1) is 0 Å². The van der Waals surface area contributed by atoms with Crippen molar-refractivity contribution in [2.45, 2.75) is 13.3 Å². The van der Waals surface area contributed by atoms with E-state index >= 15 is 0 Å². The lowest BCUT2D eigenvalue weighted by Crippen LogP contribution is -2.46. The van der Waals surface area contributed by atoms with E-state index in [1.807, 2.05) is 11.0 Å². The number of nitrogens with zero attached hydrogens (tertiary/aromatic N) is 2. The lowest BCUT2D eigenvalue weighted by molar-refractivity contribution is 0.0669. The summed E-state index contributed by atoms with van der Waals surface area (Å²) in [6, 6.07) is 4.03. The van der Waals surface area contributed by atoms with Crippen LogP contribution in [0.25, 0.3) is 0 Å². The Bertz CT molecular complexity index is 367. The van der Waals surface area contributed by atoms with Crippen molar-refractivity contribution in [3.05, 3.63) is 21.9 Å². The van der Waals surface area contributed by atoms with Gasteiger partial charge in [0.1, 0.15) is 0 Å². The second-order valence-corrected chi connectivity index (χ2v) is 5.38. The van der Waals surface area contributed by atoms with Crippen molar-refractivity contribution in [2.75, 3.05) is 33.2 Å². The maximum Gasteiger partial charge on any atom is 0.264 e. The first kappa shape index (κ1) is 11.6. The van der Waals surface area contributed by atoms with Crippen LogP contribution in [0.3, 0.4) is 0 Å². The zero-order valence-electron chi connectivity index (χ0n) is 9.90. The number of carbonyl (C=O) groups excluding carboxylic acids is 1. The fourth-order valence-electron chi connectivity index (χ4n) is 1.85. The fraction of sp³-hybridized carbons (Fsp3) is 0.583. The van der Waals surface area contributed by atoms with Gasteiger partial charge in [-0.05, 0) is 25.6 Å². The minimum Gasteiger partial charge on any atom is -0.335 e. The molecule has 1 fully saturated rings. The minimum absolute atomic E-state index is 0.206. The summed E-state index contributed by atoms with van der Waals surface area (Å²) in [6.45, 7) is 5.80. The molecular formula is C12H18N2OS. The summed E-state index contributed by atoms with van der Waals surface area (Å²) < 4.78 is 0. The van der Waals surface area contributed by atoms with Gasteiger partial charge in [0.15, 0.2) is 0 Å². The van der Waals surface area contributed by atoms with E-state index in [0.29, 0.717) is 0 Å². The van der Waals surface area contributed by atoms with Crippen LogP contribution >= 0.6 is 11.3 Å². The van der Waals surface area contributed by atoms with Crippen LogP contribution in [0.4, 0.5) is 0 Å². The van der Waals surface area contributed by atoms with Crippen molar-refractivity contribution in [1.82, 2.24) is 9.80 Å². The van der Waals surface area contributed by atoms with Gasteiger partial charge in [-0.25, -0.2) is 0 Å². The standard InChI is InChI=1S/C12H18N2OS/c1-3-10-4-5-11(16-10)12(15)14-8-6-13(2)7-9-14/h4-5H,3,6-9H2,1-2H3. The van der Waals surface area contributed by atoms with Gasteiger partial charge in [0.25, 0.3) is 5.91 Å². The van der Waals surface area contributed by atoms with Gasteiger partial charge in [0.05, 0.1) is 4.88 Å². The maximum atomic E-state index is 12.2. The predicted molar refractivity (Wildman–Crippen MR) is 67.1 cm³/mol. The number of hydrogen-bond acceptors (Lipinski definition) is 3. The Balaban J connectivity index is 2.01. The summed E-state index contributed by atoms with van der Waals surface area (Å²) >= 11 is 1.63. The molecule has 2 rings (SSSR count). The maximum absolute atomic E-state index is 12.2. The van der Waals surface area contributed by atoms with E-state index in [4.69, 9.17) is 0 Å². The van der Waals surface area contributed by atoms with Gasteiger partial charge >= 0.3 is 0 Å². The molecule has 0 bridgehead atoms. The highest BCUT2D eigenvalue weighted by atomic mass is 32.1. The third-order valence-corrected chi connectivity index (χ3v) is 4.23. The molecule has 1 amide bonds. The minimum atomic E-state index is 0.206. The van der Waals surface area contributed by atoms with Gasteiger partial charge < -0.3 is 9.80 Å². The van der Waals surface area contributed by atoms with Crippen LogP contribution in [-0.2, 0) is 6.42 Å². The number of aryl methyl sites for hydroxylation is 1. The molecule has 0 spiro atoms. The van der Waals surface area contributed by atoms with Gasteiger partial charge in [-0.2, -0.15) is 0 Å². The molecule has 0 radical (unpaired) electrons. The van der Waals surface area contributed by atoms with E-state index in [9.17, 15) is 4.79 Å². The van der Waals surface area contributed by atoms with Crippen molar-refractivity contribution in [2.24, 2.45) is 0 Å². The van der Waals surface area contributed by atoms with Crippen molar-refractivity contribution < 1.29 is 4.79 Å². The third kappa shape index (κ3) is 2.44. The first-order valence-corrected chi connectivity index (χ1v) is 6.59. The Kier molecular flexibility index (Phi) is 3.61. The first-order valence-electron chi connectivity index (χ1n) is 5.77. The number of piperazine rings is 1. The van der Waals surface area contributed by atoms with Gasteiger partial charge in [-0.3, -0.25) is 4.79 Å². The SMILES string of the molecule is CCc1ccc(C(=O)N2CCN(C)CC2)s1. The quantitative estimate of drug-likeness (QED) is 0.783. The van der Waals surface area contributed by atoms with Gasteiger partial charge in [-0.1, -0.05) is 6.92 Å². The molecule has 0 aliphatic carbocycles. The molecule has 88 valence electrons. The Morgan fingerprint density at radius 3 is 2.56 bits per heavy atom. The molecule has 0 atom stereocenters. The molecule has 0 aromatic carbocycles. The number of hydrogen-bond donors (Lipinski definition) is 0. The average molecular weight is 238 g/mol. The summed E-state index contributed by atoms with van der Waals surface area (Å²) in [6.07, 6.45) is 1.01. The Hall–Kier alpha value is -0.870. The smallest absolute Gasteiger partial charge is 0.264 e. The predicted octanol–water partition coefficient (Wildman–Crippen LogP) is 1.70. The molecule has 0 unspecified atom stereocenters. The highest BCUT2D eigenvalue weighted by Gasteiger charge is 2.21. The van der Waals surface area contributed by atoms with Crippen molar-refractivity contribution in [3.8, 4) is 0 Å². The molecule has 1 aromatic rings. The highest BCUT2D eigenvalue weighted by Crippen LogP contribution is 2.19. The first-order chi connectivity index (χ1) is 7.70. The molecule has 4 heteroatoms. The molecule has 1 aliphatic heterocycles. The van der Waals surface area contributed by atoms with Gasteiger partial charge in [0.2, 0.25) is 0 Å². The summed E-state index contributed by atoms with van der Waals surface area (Å²) in [5.74, 6) is 0.206. The Morgan fingerprint density at radius 1 is 1.31 bits per heavy atom. The molecule has 0 N–H and O–H groups in total. The zero-order valence-corrected chi connectivity index (χ0v) is 10.7. The molecule has 0 saturated carbocycles. The Labute approximate surface area is 101 Å². The van der Waals surface area contributed by atoms with E-state index in [2.05, 4.69) is 24.9 Å². The van der Waals surface area contributed by atoms with E-state index in [-0.39, 0.29) is 5.91 Å². The summed E-state index contributed by atoms with van der Waals surface area (Å²) in [4.78, 5) is 18.6. The fourth-order valence-corrected chi connectivity index (χ4v) is 2.76. The van der Waals surface area contributed by atoms with E-state index in [1.54, 1.807) is 11.3 Å². The molecule has 3 nitrogen and oxygen atoms in total. The molecule has 1 saturated heterocycles. The lowest BCUT2D eigenvalue weighted by atomic mass is 10.3. The molecule has 16 heavy (non-hydrogen) atoms. The highest BCUT2D eigenvalue weighted by molar-refractivity contribution is 7.14. The van der Waals surface area contributed by atoms with E-state index in [0.717, 1.165) is 37.5 Å². The van der Waals surface area contributed by atoms with Gasteiger partial charge in [-0.15, -0.1) is 11.3 Å². The normalized spacial score (nSPS) is 17.8. The largest absolute Gasteiger partial charge is 0.335 e. The second kappa shape index (κ2) is 4.97. The molecule has 1 aromatic heterocycles. The number of likely N-dealkylation sites (N-methyl/N-ethyl adjacent to an activating group) is 1.